The van der Waals surface area contributed by atoms with Gasteiger partial charge in [-0.1, -0.05) is 6.92 Å². The lowest BCUT2D eigenvalue weighted by molar-refractivity contribution is -0.137. The summed E-state index contributed by atoms with van der Waals surface area (Å²) in [6.45, 7) is 7.32. The Morgan fingerprint density at radius 3 is 2.41 bits per heavy atom. The average Bonchev–Trinajstić information content (AvgIpc) is 2.56. The SMILES string of the molecule is CCC(=O)CCNC(=O)c1cc(C(F)(F)F)cc(N(CC)C2CNC2)c1C. The molecule has 5 nitrogen and oxygen atoms in total. The van der Waals surface area contributed by atoms with Gasteiger partial charge in [0.1, 0.15) is 5.78 Å². The Balaban J connectivity index is 2.36. The van der Waals surface area contributed by atoms with Crippen molar-refractivity contribution in [3.8, 4) is 0 Å². The molecule has 1 aliphatic rings. The van der Waals surface area contributed by atoms with Crippen LogP contribution in [0, 0.1) is 6.92 Å². The van der Waals surface area contributed by atoms with Gasteiger partial charge in [0, 0.05) is 50.3 Å². The van der Waals surface area contributed by atoms with E-state index in [1.165, 1.54) is 0 Å². The van der Waals surface area contributed by atoms with Crippen molar-refractivity contribution in [1.82, 2.24) is 10.6 Å². The summed E-state index contributed by atoms with van der Waals surface area (Å²) in [5.74, 6) is -0.599. The number of rotatable bonds is 8. The lowest BCUT2D eigenvalue weighted by Gasteiger charge is -2.40. The van der Waals surface area contributed by atoms with Crippen LogP contribution in [-0.2, 0) is 11.0 Å². The molecule has 1 amide bonds. The molecule has 1 fully saturated rings. The molecule has 2 rings (SSSR count). The van der Waals surface area contributed by atoms with Gasteiger partial charge in [-0.2, -0.15) is 13.2 Å². The number of anilines is 1. The van der Waals surface area contributed by atoms with E-state index in [2.05, 4.69) is 10.6 Å². The van der Waals surface area contributed by atoms with E-state index >= 15 is 0 Å². The minimum absolute atomic E-state index is 0.00509. The van der Waals surface area contributed by atoms with Crippen molar-refractivity contribution in [1.29, 1.82) is 0 Å². The summed E-state index contributed by atoms with van der Waals surface area (Å²) in [5, 5.41) is 5.68. The normalized spacial score (nSPS) is 14.6. The number of hydrogen-bond acceptors (Lipinski definition) is 4. The molecule has 1 heterocycles. The smallest absolute Gasteiger partial charge is 0.366 e. The van der Waals surface area contributed by atoms with Crippen molar-refractivity contribution in [2.24, 2.45) is 0 Å². The summed E-state index contributed by atoms with van der Waals surface area (Å²) in [4.78, 5) is 25.8. The summed E-state index contributed by atoms with van der Waals surface area (Å²) in [6, 6.07) is 2.12. The molecule has 1 saturated heterocycles. The average molecular weight is 385 g/mol. The molecule has 1 aromatic carbocycles. The topological polar surface area (TPSA) is 61.4 Å². The van der Waals surface area contributed by atoms with Gasteiger partial charge in [-0.25, -0.2) is 0 Å². The summed E-state index contributed by atoms with van der Waals surface area (Å²) < 4.78 is 40.2. The van der Waals surface area contributed by atoms with E-state index in [-0.39, 0.29) is 30.4 Å². The fraction of sp³-hybridized carbons (Fsp3) is 0.579. The van der Waals surface area contributed by atoms with Gasteiger partial charge >= 0.3 is 6.18 Å². The third-order valence-corrected chi connectivity index (χ3v) is 4.89. The van der Waals surface area contributed by atoms with Crippen LogP contribution in [0.5, 0.6) is 0 Å². The molecule has 0 atom stereocenters. The number of amides is 1. The van der Waals surface area contributed by atoms with Gasteiger partial charge in [0.15, 0.2) is 0 Å². The molecule has 0 unspecified atom stereocenters. The number of carbonyl (C=O) groups is 2. The summed E-state index contributed by atoms with van der Waals surface area (Å²) >= 11 is 0. The second-order valence-electron chi connectivity index (χ2n) is 6.66. The molecule has 27 heavy (non-hydrogen) atoms. The number of halogens is 3. The number of hydrogen-bond donors (Lipinski definition) is 2. The molecule has 2 N–H and O–H groups in total. The van der Waals surface area contributed by atoms with Crippen molar-refractivity contribution < 1.29 is 22.8 Å². The molecule has 0 bridgehead atoms. The molecule has 0 aromatic heterocycles. The van der Waals surface area contributed by atoms with Gasteiger partial charge in [0.25, 0.3) is 5.91 Å². The number of Topliss-reactive ketones (excluding diaryl/α,β-unsaturated/α-hetero) is 1. The maximum atomic E-state index is 13.4. The summed E-state index contributed by atoms with van der Waals surface area (Å²) in [6.07, 6.45) is -4.02. The number of ketones is 1. The first kappa shape index (κ1) is 21.2. The van der Waals surface area contributed by atoms with Crippen LogP contribution in [0.2, 0.25) is 0 Å². The lowest BCUT2D eigenvalue weighted by Crippen LogP contribution is -2.57. The molecular weight excluding hydrogens is 359 g/mol. The zero-order chi connectivity index (χ0) is 20.2. The monoisotopic (exact) mass is 385 g/mol. The quantitative estimate of drug-likeness (QED) is 0.722. The molecule has 0 radical (unpaired) electrons. The van der Waals surface area contributed by atoms with Crippen LogP contribution in [0.15, 0.2) is 12.1 Å². The highest BCUT2D eigenvalue weighted by atomic mass is 19.4. The first-order valence-electron chi connectivity index (χ1n) is 9.18. The van der Waals surface area contributed by atoms with E-state index in [0.29, 0.717) is 37.3 Å². The zero-order valence-electron chi connectivity index (χ0n) is 15.9. The minimum atomic E-state index is -4.55. The van der Waals surface area contributed by atoms with Crippen LogP contribution in [0.3, 0.4) is 0 Å². The molecule has 0 saturated carbocycles. The largest absolute Gasteiger partial charge is 0.416 e. The number of alkyl halides is 3. The van der Waals surface area contributed by atoms with E-state index in [9.17, 15) is 22.8 Å². The van der Waals surface area contributed by atoms with E-state index in [4.69, 9.17) is 0 Å². The van der Waals surface area contributed by atoms with Crippen LogP contribution >= 0.6 is 0 Å². The van der Waals surface area contributed by atoms with E-state index in [1.807, 2.05) is 11.8 Å². The van der Waals surface area contributed by atoms with Gasteiger partial charge in [-0.05, 0) is 31.5 Å². The molecule has 0 spiro atoms. The van der Waals surface area contributed by atoms with Gasteiger partial charge in [-0.3, -0.25) is 9.59 Å². The zero-order valence-corrected chi connectivity index (χ0v) is 15.9. The number of nitrogens with zero attached hydrogens (tertiary/aromatic N) is 1. The molecule has 150 valence electrons. The number of likely N-dealkylation sites (N-methyl/N-ethyl adjacent to an activating group) is 1. The third-order valence-electron chi connectivity index (χ3n) is 4.89. The Labute approximate surface area is 157 Å². The number of nitrogens with one attached hydrogen (secondary N) is 2. The Kier molecular flexibility index (Phi) is 6.86. The number of benzene rings is 1. The fourth-order valence-corrected chi connectivity index (χ4v) is 3.10. The van der Waals surface area contributed by atoms with Crippen molar-refractivity contribution >= 4 is 17.4 Å². The van der Waals surface area contributed by atoms with Gasteiger partial charge < -0.3 is 15.5 Å². The third kappa shape index (κ3) is 5.00. The number of carbonyl (C=O) groups excluding carboxylic acids is 2. The summed E-state index contributed by atoms with van der Waals surface area (Å²) in [7, 11) is 0. The molecule has 1 aliphatic heterocycles. The summed E-state index contributed by atoms with van der Waals surface area (Å²) in [5.41, 5.74) is 0.0859. The Hall–Kier alpha value is -2.09. The van der Waals surface area contributed by atoms with Crippen LogP contribution in [0.1, 0.15) is 48.2 Å². The Bertz CT molecular complexity index is 700. The van der Waals surface area contributed by atoms with Crippen LogP contribution < -0.4 is 15.5 Å². The first-order valence-corrected chi connectivity index (χ1v) is 9.18. The molecule has 0 aliphatic carbocycles. The van der Waals surface area contributed by atoms with Crippen LogP contribution in [-0.4, -0.2) is 43.9 Å². The van der Waals surface area contributed by atoms with Gasteiger partial charge in [0.2, 0.25) is 0 Å². The predicted octanol–water partition coefficient (Wildman–Crippen LogP) is 2.91. The van der Waals surface area contributed by atoms with Crippen molar-refractivity contribution in [2.45, 2.75) is 45.8 Å². The highest BCUT2D eigenvalue weighted by molar-refractivity contribution is 5.97. The fourth-order valence-electron chi connectivity index (χ4n) is 3.10. The van der Waals surface area contributed by atoms with Crippen molar-refractivity contribution in [3.63, 3.8) is 0 Å². The van der Waals surface area contributed by atoms with Crippen LogP contribution in [0.25, 0.3) is 0 Å². The van der Waals surface area contributed by atoms with Crippen molar-refractivity contribution in [2.75, 3.05) is 31.1 Å². The molecular formula is C19H26F3N3O2. The standard InChI is InChI=1S/C19H26F3N3O2/c1-4-15(26)6-7-24-18(27)16-8-13(19(20,21)22)9-17(12(16)3)25(5-2)14-10-23-11-14/h8-9,14,23H,4-7,10-11H2,1-3H3,(H,24,27). The molecule has 1 aromatic rings. The Morgan fingerprint density at radius 2 is 1.93 bits per heavy atom. The molecule has 8 heteroatoms. The second-order valence-corrected chi connectivity index (χ2v) is 6.66. The minimum Gasteiger partial charge on any atom is -0.366 e. The lowest BCUT2D eigenvalue weighted by atomic mass is 9.98. The maximum Gasteiger partial charge on any atom is 0.416 e. The first-order chi connectivity index (χ1) is 12.7. The van der Waals surface area contributed by atoms with E-state index < -0.39 is 17.6 Å². The maximum absolute atomic E-state index is 13.4. The predicted molar refractivity (Wildman–Crippen MR) is 98.1 cm³/mol. The second kappa shape index (κ2) is 8.73. The van der Waals surface area contributed by atoms with E-state index in [1.54, 1.807) is 13.8 Å². The van der Waals surface area contributed by atoms with Crippen molar-refractivity contribution in [3.05, 3.63) is 28.8 Å². The van der Waals surface area contributed by atoms with Gasteiger partial charge in [-0.15, -0.1) is 0 Å². The highest BCUT2D eigenvalue weighted by Gasteiger charge is 2.34. The Morgan fingerprint density at radius 1 is 1.26 bits per heavy atom. The van der Waals surface area contributed by atoms with Gasteiger partial charge in [0.05, 0.1) is 11.6 Å². The van der Waals surface area contributed by atoms with E-state index in [0.717, 1.165) is 12.1 Å². The van der Waals surface area contributed by atoms with Crippen LogP contribution in [0.4, 0.5) is 18.9 Å². The highest BCUT2D eigenvalue weighted by Crippen LogP contribution is 2.36.